The van der Waals surface area contributed by atoms with Crippen molar-refractivity contribution in [3.8, 4) is 0 Å². The summed E-state index contributed by atoms with van der Waals surface area (Å²) in [6.45, 7) is 6.45. The lowest BCUT2D eigenvalue weighted by molar-refractivity contribution is 0.0767. The topological polar surface area (TPSA) is 69.7 Å². The number of rotatable bonds is 8. The molecule has 1 aliphatic rings. The molecule has 39 heavy (non-hydrogen) atoms. The number of nitrogens with zero attached hydrogens (tertiary/aromatic N) is 2. The summed E-state index contributed by atoms with van der Waals surface area (Å²) in [6, 6.07) is 15.7. The van der Waals surface area contributed by atoms with Gasteiger partial charge in [0.1, 0.15) is 4.90 Å². The van der Waals surface area contributed by atoms with Crippen LogP contribution in [0.5, 0.6) is 0 Å². The summed E-state index contributed by atoms with van der Waals surface area (Å²) in [7, 11) is -4.07. The molecule has 6 nitrogen and oxygen atoms in total. The Morgan fingerprint density at radius 3 is 2.38 bits per heavy atom. The van der Waals surface area contributed by atoms with Crippen LogP contribution in [0.3, 0.4) is 0 Å². The second-order valence-corrected chi connectivity index (χ2v) is 12.6. The standard InChI is InChI=1S/C29H32Cl3N3O3S/c1-3-4-7-21-10-12-22(13-11-21)33-39(37,38)28-18-23(25(31)19-26(28)32)29(36)35-15-6-14-34(16-17-35)27-9-5-8-24(30)20(27)2/h5,8-13,18-19,33H,3-4,6-7,14-17H2,1-2H3. The van der Waals surface area contributed by atoms with E-state index < -0.39 is 10.0 Å². The molecule has 4 rings (SSSR count). The molecule has 0 aromatic heterocycles. The Kier molecular flexibility index (Phi) is 9.70. The van der Waals surface area contributed by atoms with Gasteiger partial charge in [-0.15, -0.1) is 0 Å². The molecule has 1 N–H and O–H groups in total. The highest BCUT2D eigenvalue weighted by atomic mass is 35.5. The average Bonchev–Trinajstić information content (AvgIpc) is 3.15. The quantitative estimate of drug-likeness (QED) is 0.288. The van der Waals surface area contributed by atoms with E-state index in [2.05, 4.69) is 16.5 Å². The van der Waals surface area contributed by atoms with Crippen LogP contribution in [0, 0.1) is 6.92 Å². The van der Waals surface area contributed by atoms with Crippen LogP contribution >= 0.6 is 34.8 Å². The first-order valence-corrected chi connectivity index (χ1v) is 15.6. The first-order valence-electron chi connectivity index (χ1n) is 13.0. The third-order valence-electron chi connectivity index (χ3n) is 6.93. The van der Waals surface area contributed by atoms with E-state index in [0.717, 1.165) is 49.0 Å². The number of nitrogens with one attached hydrogen (secondary N) is 1. The predicted molar refractivity (Wildman–Crippen MR) is 161 cm³/mol. The van der Waals surface area contributed by atoms with Gasteiger partial charge >= 0.3 is 0 Å². The van der Waals surface area contributed by atoms with Crippen molar-refractivity contribution in [2.45, 2.75) is 44.4 Å². The van der Waals surface area contributed by atoms with Gasteiger partial charge in [-0.05, 0) is 73.7 Å². The molecule has 208 valence electrons. The van der Waals surface area contributed by atoms with E-state index in [-0.39, 0.29) is 26.4 Å². The number of aryl methyl sites for hydroxylation is 1. The minimum absolute atomic E-state index is 0.0536. The first kappa shape index (κ1) is 29.5. The highest BCUT2D eigenvalue weighted by molar-refractivity contribution is 7.92. The van der Waals surface area contributed by atoms with E-state index in [4.69, 9.17) is 34.8 Å². The molecule has 0 atom stereocenters. The molecule has 3 aromatic rings. The Bertz CT molecular complexity index is 1450. The van der Waals surface area contributed by atoms with Gasteiger partial charge in [-0.2, -0.15) is 0 Å². The number of benzene rings is 3. The summed E-state index contributed by atoms with van der Waals surface area (Å²) in [5, 5.41) is 0.755. The average molecular weight is 609 g/mol. The lowest BCUT2D eigenvalue weighted by atomic mass is 10.1. The molecule has 1 fully saturated rings. The summed E-state index contributed by atoms with van der Waals surface area (Å²) in [5.74, 6) is -0.335. The van der Waals surface area contributed by atoms with Gasteiger partial charge in [0.25, 0.3) is 15.9 Å². The molecule has 1 aliphatic heterocycles. The monoisotopic (exact) mass is 607 g/mol. The summed E-state index contributed by atoms with van der Waals surface area (Å²) in [4.78, 5) is 17.3. The van der Waals surface area contributed by atoms with Crippen LogP contribution in [0.4, 0.5) is 11.4 Å². The van der Waals surface area contributed by atoms with Crippen molar-refractivity contribution in [2.24, 2.45) is 0 Å². The third-order valence-corrected chi connectivity index (χ3v) is 9.50. The Labute approximate surface area is 245 Å². The van der Waals surface area contributed by atoms with Gasteiger partial charge in [-0.3, -0.25) is 9.52 Å². The van der Waals surface area contributed by atoms with E-state index in [0.29, 0.717) is 30.3 Å². The largest absolute Gasteiger partial charge is 0.369 e. The summed E-state index contributed by atoms with van der Waals surface area (Å²) < 4.78 is 29.1. The number of hydrogen-bond donors (Lipinski definition) is 1. The Morgan fingerprint density at radius 2 is 1.67 bits per heavy atom. The van der Waals surface area contributed by atoms with Gasteiger partial charge in [-0.1, -0.05) is 66.3 Å². The predicted octanol–water partition coefficient (Wildman–Crippen LogP) is 7.45. The molecule has 1 heterocycles. The first-order chi connectivity index (χ1) is 18.6. The molecule has 1 saturated heterocycles. The molecule has 0 bridgehead atoms. The van der Waals surface area contributed by atoms with E-state index in [1.807, 2.05) is 37.3 Å². The number of unbranched alkanes of at least 4 members (excludes halogenated alkanes) is 1. The molecule has 3 aromatic carbocycles. The minimum atomic E-state index is -4.07. The van der Waals surface area contributed by atoms with Crippen molar-refractivity contribution in [1.29, 1.82) is 0 Å². The maximum absolute atomic E-state index is 13.6. The fourth-order valence-electron chi connectivity index (χ4n) is 4.70. The van der Waals surface area contributed by atoms with Gasteiger partial charge in [0, 0.05) is 42.6 Å². The zero-order valence-electron chi connectivity index (χ0n) is 22.0. The Hall–Kier alpha value is -2.45. The van der Waals surface area contributed by atoms with Crippen molar-refractivity contribution in [2.75, 3.05) is 35.8 Å². The third kappa shape index (κ3) is 7.01. The van der Waals surface area contributed by atoms with E-state index in [1.54, 1.807) is 17.0 Å². The second kappa shape index (κ2) is 12.8. The smallest absolute Gasteiger partial charge is 0.263 e. The van der Waals surface area contributed by atoms with Crippen LogP contribution in [-0.2, 0) is 16.4 Å². The van der Waals surface area contributed by atoms with Gasteiger partial charge in [0.15, 0.2) is 0 Å². The lowest BCUT2D eigenvalue weighted by Crippen LogP contribution is -2.35. The molecule has 1 amide bonds. The van der Waals surface area contributed by atoms with Gasteiger partial charge in [0.05, 0.1) is 15.6 Å². The fourth-order valence-corrected chi connectivity index (χ4v) is 6.78. The zero-order chi connectivity index (χ0) is 28.2. The number of anilines is 2. The molecule has 10 heteroatoms. The lowest BCUT2D eigenvalue weighted by Gasteiger charge is -2.26. The highest BCUT2D eigenvalue weighted by Crippen LogP contribution is 2.32. The number of carbonyl (C=O) groups excluding carboxylic acids is 1. The molecule has 0 aliphatic carbocycles. The van der Waals surface area contributed by atoms with Crippen LogP contribution in [0.2, 0.25) is 15.1 Å². The normalized spacial score (nSPS) is 14.3. The van der Waals surface area contributed by atoms with Crippen molar-refractivity contribution in [3.05, 3.63) is 86.4 Å². The number of hydrogen-bond acceptors (Lipinski definition) is 4. The van der Waals surface area contributed by atoms with Crippen LogP contribution in [0.25, 0.3) is 0 Å². The number of amides is 1. The second-order valence-electron chi connectivity index (χ2n) is 9.69. The number of sulfonamides is 1. The van der Waals surface area contributed by atoms with E-state index >= 15 is 0 Å². The van der Waals surface area contributed by atoms with Gasteiger partial charge in [-0.25, -0.2) is 8.42 Å². The summed E-state index contributed by atoms with van der Waals surface area (Å²) in [6.07, 6.45) is 3.83. The number of halogens is 3. The maximum atomic E-state index is 13.6. The van der Waals surface area contributed by atoms with Crippen LogP contribution < -0.4 is 9.62 Å². The molecule has 0 unspecified atom stereocenters. The van der Waals surface area contributed by atoms with Crippen molar-refractivity contribution >= 4 is 62.1 Å². The fraction of sp³-hybridized carbons (Fsp3) is 0.345. The highest BCUT2D eigenvalue weighted by Gasteiger charge is 2.27. The number of carbonyl (C=O) groups is 1. The zero-order valence-corrected chi connectivity index (χ0v) is 25.1. The van der Waals surface area contributed by atoms with Gasteiger partial charge in [0.2, 0.25) is 0 Å². The Balaban J connectivity index is 1.52. The van der Waals surface area contributed by atoms with Crippen molar-refractivity contribution in [3.63, 3.8) is 0 Å². The molecular formula is C29H32Cl3N3O3S. The minimum Gasteiger partial charge on any atom is -0.369 e. The maximum Gasteiger partial charge on any atom is 0.263 e. The van der Waals surface area contributed by atoms with Crippen LogP contribution in [0.1, 0.15) is 47.7 Å². The molecule has 0 radical (unpaired) electrons. The molecule has 0 saturated carbocycles. The molecule has 0 spiro atoms. The van der Waals surface area contributed by atoms with Crippen molar-refractivity contribution in [1.82, 2.24) is 4.90 Å². The van der Waals surface area contributed by atoms with E-state index in [1.165, 1.54) is 12.1 Å². The van der Waals surface area contributed by atoms with Gasteiger partial charge < -0.3 is 9.80 Å². The Morgan fingerprint density at radius 1 is 0.923 bits per heavy atom. The van der Waals surface area contributed by atoms with E-state index in [9.17, 15) is 13.2 Å². The SMILES string of the molecule is CCCCc1ccc(NS(=O)(=O)c2cc(C(=O)N3CCCN(c4cccc(Cl)c4C)CC3)c(Cl)cc2Cl)cc1. The summed E-state index contributed by atoms with van der Waals surface area (Å²) >= 11 is 19.1. The van der Waals surface area contributed by atoms with Crippen LogP contribution in [-0.4, -0.2) is 45.4 Å². The molecular weight excluding hydrogens is 577 g/mol. The van der Waals surface area contributed by atoms with Crippen LogP contribution in [0.15, 0.2) is 59.5 Å². The summed E-state index contributed by atoms with van der Waals surface area (Å²) in [5.41, 5.74) is 3.69. The van der Waals surface area contributed by atoms with Crippen molar-refractivity contribution < 1.29 is 13.2 Å².